The minimum Gasteiger partial charge on any atom is -0.462 e. The monoisotopic (exact) mass is 398 g/mol. The molecule has 0 spiro atoms. The highest BCUT2D eigenvalue weighted by Crippen LogP contribution is 2.32. The number of hydrogen-bond acceptors (Lipinski definition) is 7. The van der Waals surface area contributed by atoms with Crippen molar-refractivity contribution in [2.45, 2.75) is 13.5 Å². The number of carbonyl (C=O) groups is 2. The van der Waals surface area contributed by atoms with Crippen LogP contribution in [0.3, 0.4) is 0 Å². The highest BCUT2D eigenvalue weighted by Gasteiger charge is 2.25. The van der Waals surface area contributed by atoms with Gasteiger partial charge in [-0.2, -0.15) is 5.26 Å². The zero-order valence-electron chi connectivity index (χ0n) is 13.0. The number of thiophene rings is 1. The topological polar surface area (TPSA) is 102 Å². The Morgan fingerprint density at radius 2 is 1.88 bits per heavy atom. The van der Waals surface area contributed by atoms with Crippen LogP contribution < -0.4 is 5.73 Å². The molecular formula is C16H12Cl2N2O4S. The summed E-state index contributed by atoms with van der Waals surface area (Å²) in [5, 5.41) is 9.65. The molecular weight excluding hydrogens is 387 g/mol. The molecule has 2 N–H and O–H groups in total. The van der Waals surface area contributed by atoms with Crippen LogP contribution in [0.2, 0.25) is 10.0 Å². The van der Waals surface area contributed by atoms with E-state index in [-0.39, 0.29) is 49.8 Å². The molecule has 0 atom stereocenters. The van der Waals surface area contributed by atoms with E-state index in [4.69, 9.17) is 38.4 Å². The van der Waals surface area contributed by atoms with Gasteiger partial charge in [-0.1, -0.05) is 29.3 Å². The van der Waals surface area contributed by atoms with Crippen LogP contribution in [-0.4, -0.2) is 18.5 Å². The molecule has 0 aliphatic carbocycles. The predicted molar refractivity (Wildman–Crippen MR) is 95.0 cm³/mol. The highest BCUT2D eigenvalue weighted by atomic mass is 35.5. The quantitative estimate of drug-likeness (QED) is 0.762. The second-order valence-corrected chi connectivity index (χ2v) is 6.52. The summed E-state index contributed by atoms with van der Waals surface area (Å²) in [6, 6.07) is 6.49. The second kappa shape index (κ2) is 8.21. The summed E-state index contributed by atoms with van der Waals surface area (Å²) in [5.74, 6) is -1.42. The van der Waals surface area contributed by atoms with Gasteiger partial charge in [-0.15, -0.1) is 11.3 Å². The Labute approximate surface area is 157 Å². The van der Waals surface area contributed by atoms with Crippen molar-refractivity contribution in [2.75, 3.05) is 12.3 Å². The van der Waals surface area contributed by atoms with Gasteiger partial charge in [-0.05, 0) is 19.1 Å². The molecule has 2 rings (SSSR count). The normalized spacial score (nSPS) is 10.2. The first-order valence-electron chi connectivity index (χ1n) is 7.00. The number of esters is 2. The maximum atomic E-state index is 12.3. The van der Waals surface area contributed by atoms with Gasteiger partial charge < -0.3 is 15.2 Å². The van der Waals surface area contributed by atoms with E-state index >= 15 is 0 Å². The molecule has 1 aromatic carbocycles. The van der Waals surface area contributed by atoms with Crippen LogP contribution >= 0.6 is 34.5 Å². The van der Waals surface area contributed by atoms with Crippen molar-refractivity contribution in [3.63, 3.8) is 0 Å². The molecule has 0 saturated heterocycles. The second-order valence-electron chi connectivity index (χ2n) is 4.65. The van der Waals surface area contributed by atoms with Gasteiger partial charge in [0.15, 0.2) is 0 Å². The molecule has 0 amide bonds. The third-order valence-corrected chi connectivity index (χ3v) is 4.79. The molecule has 1 aromatic heterocycles. The fourth-order valence-electron chi connectivity index (χ4n) is 2.01. The lowest BCUT2D eigenvalue weighted by Crippen LogP contribution is -2.10. The smallest absolute Gasteiger partial charge is 0.348 e. The van der Waals surface area contributed by atoms with Crippen LogP contribution in [-0.2, 0) is 16.1 Å². The number of ether oxygens (including phenoxy) is 2. The van der Waals surface area contributed by atoms with Crippen LogP contribution in [0.15, 0.2) is 18.2 Å². The fraction of sp³-hybridized carbons (Fsp3) is 0.188. The molecule has 2 aromatic rings. The molecule has 130 valence electrons. The van der Waals surface area contributed by atoms with Gasteiger partial charge >= 0.3 is 11.9 Å². The Hall–Kier alpha value is -2.27. The van der Waals surface area contributed by atoms with Gasteiger partial charge in [-0.25, -0.2) is 9.59 Å². The largest absolute Gasteiger partial charge is 0.462 e. The SMILES string of the molecule is CCOC(=O)c1sc(N)c(C#N)c1COC(=O)c1c(Cl)cccc1Cl. The van der Waals surface area contributed by atoms with Gasteiger partial charge in [0.2, 0.25) is 0 Å². The molecule has 9 heteroatoms. The van der Waals surface area contributed by atoms with Gasteiger partial charge in [-0.3, -0.25) is 0 Å². The zero-order chi connectivity index (χ0) is 18.6. The number of carbonyl (C=O) groups excluding carboxylic acids is 2. The number of nitrogens with two attached hydrogens (primary N) is 1. The number of hydrogen-bond donors (Lipinski definition) is 1. The van der Waals surface area contributed by atoms with E-state index in [2.05, 4.69) is 0 Å². The van der Waals surface area contributed by atoms with E-state index in [9.17, 15) is 14.9 Å². The number of benzene rings is 1. The van der Waals surface area contributed by atoms with Crippen molar-refractivity contribution in [2.24, 2.45) is 0 Å². The van der Waals surface area contributed by atoms with E-state index in [1.54, 1.807) is 13.0 Å². The summed E-state index contributed by atoms with van der Waals surface area (Å²) < 4.78 is 10.1. The van der Waals surface area contributed by atoms with Crippen molar-refractivity contribution in [1.29, 1.82) is 5.26 Å². The average Bonchev–Trinajstić information content (AvgIpc) is 2.88. The first kappa shape index (κ1) is 19.1. The Bertz CT molecular complexity index is 854. The summed E-state index contributed by atoms with van der Waals surface area (Å²) in [6.07, 6.45) is 0. The van der Waals surface area contributed by atoms with Gasteiger partial charge in [0, 0.05) is 5.56 Å². The summed E-state index contributed by atoms with van der Waals surface area (Å²) in [5.41, 5.74) is 6.03. The average molecular weight is 399 g/mol. The summed E-state index contributed by atoms with van der Waals surface area (Å²) in [6.45, 7) is 1.47. The molecule has 0 unspecified atom stereocenters. The number of anilines is 1. The molecule has 0 aliphatic heterocycles. The van der Waals surface area contributed by atoms with Crippen LogP contribution in [0.5, 0.6) is 0 Å². The minimum absolute atomic E-state index is 0.00484. The number of nitrogen functional groups attached to an aromatic ring is 1. The van der Waals surface area contributed by atoms with Crippen molar-refractivity contribution in [3.8, 4) is 6.07 Å². The first-order valence-corrected chi connectivity index (χ1v) is 8.57. The predicted octanol–water partition coefficient (Wildman–Crippen LogP) is 4.04. The number of halogens is 2. The van der Waals surface area contributed by atoms with Crippen molar-refractivity contribution < 1.29 is 19.1 Å². The first-order chi connectivity index (χ1) is 11.9. The maximum Gasteiger partial charge on any atom is 0.348 e. The molecule has 0 bridgehead atoms. The molecule has 0 fully saturated rings. The van der Waals surface area contributed by atoms with Crippen LogP contribution in [0.1, 0.15) is 38.1 Å². The Morgan fingerprint density at radius 1 is 1.24 bits per heavy atom. The lowest BCUT2D eigenvalue weighted by molar-refractivity contribution is 0.0453. The molecule has 0 aliphatic rings. The number of nitriles is 1. The molecule has 6 nitrogen and oxygen atoms in total. The Morgan fingerprint density at radius 3 is 2.44 bits per heavy atom. The summed E-state index contributed by atoms with van der Waals surface area (Å²) in [4.78, 5) is 24.4. The van der Waals surface area contributed by atoms with E-state index in [0.29, 0.717) is 0 Å². The minimum atomic E-state index is -0.779. The van der Waals surface area contributed by atoms with Crippen molar-refractivity contribution in [1.82, 2.24) is 0 Å². The lowest BCUT2D eigenvalue weighted by Gasteiger charge is -2.09. The van der Waals surface area contributed by atoms with Crippen LogP contribution in [0, 0.1) is 11.3 Å². The van der Waals surface area contributed by atoms with E-state index < -0.39 is 11.9 Å². The maximum absolute atomic E-state index is 12.3. The zero-order valence-corrected chi connectivity index (χ0v) is 15.3. The highest BCUT2D eigenvalue weighted by molar-refractivity contribution is 7.18. The van der Waals surface area contributed by atoms with Crippen molar-refractivity contribution in [3.05, 3.63) is 49.8 Å². The standard InChI is InChI=1S/C16H12Cl2N2O4S/c1-2-23-16(22)13-9(8(6-19)14(20)25-13)7-24-15(21)12-10(17)4-3-5-11(12)18/h3-5H,2,7,20H2,1H3. The van der Waals surface area contributed by atoms with Crippen LogP contribution in [0.25, 0.3) is 0 Å². The molecule has 1 heterocycles. The third kappa shape index (κ3) is 4.04. The van der Waals surface area contributed by atoms with Gasteiger partial charge in [0.25, 0.3) is 0 Å². The number of rotatable bonds is 5. The summed E-state index contributed by atoms with van der Waals surface area (Å²) >= 11 is 12.8. The number of nitrogens with zero attached hydrogens (tertiary/aromatic N) is 1. The summed E-state index contributed by atoms with van der Waals surface area (Å²) in [7, 11) is 0. The Kier molecular flexibility index (Phi) is 6.26. The van der Waals surface area contributed by atoms with E-state index in [1.165, 1.54) is 12.1 Å². The van der Waals surface area contributed by atoms with Gasteiger partial charge in [0.1, 0.15) is 22.6 Å². The molecule has 0 radical (unpaired) electrons. The van der Waals surface area contributed by atoms with E-state index in [0.717, 1.165) is 11.3 Å². The van der Waals surface area contributed by atoms with Gasteiger partial charge in [0.05, 0.1) is 27.8 Å². The van der Waals surface area contributed by atoms with E-state index in [1.807, 2.05) is 6.07 Å². The fourth-order valence-corrected chi connectivity index (χ4v) is 3.48. The molecule has 0 saturated carbocycles. The molecule has 25 heavy (non-hydrogen) atoms. The lowest BCUT2D eigenvalue weighted by atomic mass is 10.1. The van der Waals surface area contributed by atoms with Crippen LogP contribution in [0.4, 0.5) is 5.00 Å². The Balaban J connectivity index is 2.30. The van der Waals surface area contributed by atoms with Crippen molar-refractivity contribution >= 4 is 51.5 Å². The third-order valence-electron chi connectivity index (χ3n) is 3.12.